The van der Waals surface area contributed by atoms with E-state index in [2.05, 4.69) is 37.2 Å². The van der Waals surface area contributed by atoms with E-state index < -0.39 is 15.8 Å². The highest BCUT2D eigenvalue weighted by molar-refractivity contribution is 9.11. The Labute approximate surface area is 128 Å². The molecule has 19 heavy (non-hydrogen) atoms. The maximum atomic E-state index is 12.0. The number of nitrogen functional groups attached to an aromatic ring is 1. The van der Waals surface area contributed by atoms with Crippen LogP contribution in [-0.4, -0.2) is 25.8 Å². The summed E-state index contributed by atoms with van der Waals surface area (Å²) in [5, 5.41) is 2.69. The van der Waals surface area contributed by atoms with Crippen molar-refractivity contribution in [3.63, 3.8) is 0 Å². The molecule has 1 aliphatic heterocycles. The second-order valence-corrected chi connectivity index (χ2v) is 8.44. The van der Waals surface area contributed by atoms with E-state index in [0.717, 1.165) is 4.47 Å². The quantitative estimate of drug-likeness (QED) is 0.729. The van der Waals surface area contributed by atoms with Crippen molar-refractivity contribution in [2.24, 2.45) is 5.92 Å². The minimum absolute atomic E-state index is 0.0715. The van der Waals surface area contributed by atoms with Crippen molar-refractivity contribution in [1.29, 1.82) is 0 Å². The van der Waals surface area contributed by atoms with E-state index in [4.69, 9.17) is 5.73 Å². The largest absolute Gasteiger partial charge is 0.397 e. The first-order valence-electron chi connectivity index (χ1n) is 5.54. The fraction of sp³-hybridized carbons (Fsp3) is 0.364. The third-order valence-electron chi connectivity index (χ3n) is 2.94. The SMILES string of the molecule is Nc1cc(Br)cc(Br)c1NC(=O)C1CCS(=O)(=O)C1. The number of carbonyl (C=O) groups excluding carboxylic acids is 1. The molecule has 8 heteroatoms. The van der Waals surface area contributed by atoms with Gasteiger partial charge < -0.3 is 11.1 Å². The number of sulfone groups is 1. The average Bonchev–Trinajstić information content (AvgIpc) is 2.64. The summed E-state index contributed by atoms with van der Waals surface area (Å²) in [7, 11) is -3.07. The molecule has 1 aliphatic rings. The second kappa shape index (κ2) is 5.41. The molecule has 0 bridgehead atoms. The molecule has 3 N–H and O–H groups in total. The molecule has 0 aliphatic carbocycles. The van der Waals surface area contributed by atoms with Gasteiger partial charge in [-0.25, -0.2) is 8.42 Å². The number of halogens is 2. The van der Waals surface area contributed by atoms with Crippen LogP contribution in [0.1, 0.15) is 6.42 Å². The van der Waals surface area contributed by atoms with Crippen molar-refractivity contribution < 1.29 is 13.2 Å². The summed E-state index contributed by atoms with van der Waals surface area (Å²) in [5.41, 5.74) is 6.71. The Balaban J connectivity index is 2.16. The Bertz CT molecular complexity index is 608. The molecule has 1 unspecified atom stereocenters. The summed E-state index contributed by atoms with van der Waals surface area (Å²) in [6.07, 6.45) is 0.363. The van der Waals surface area contributed by atoms with Gasteiger partial charge in [0.25, 0.3) is 0 Å². The summed E-state index contributed by atoms with van der Waals surface area (Å²) in [6.45, 7) is 0. The van der Waals surface area contributed by atoms with Crippen molar-refractivity contribution in [2.45, 2.75) is 6.42 Å². The summed E-state index contributed by atoms with van der Waals surface area (Å²) in [4.78, 5) is 12.0. The number of rotatable bonds is 2. The zero-order valence-electron chi connectivity index (χ0n) is 9.82. The lowest BCUT2D eigenvalue weighted by atomic mass is 10.1. The molecule has 1 saturated heterocycles. The van der Waals surface area contributed by atoms with Crippen LogP contribution in [0.5, 0.6) is 0 Å². The first-order valence-corrected chi connectivity index (χ1v) is 8.95. The van der Waals surface area contributed by atoms with Gasteiger partial charge >= 0.3 is 0 Å². The van der Waals surface area contributed by atoms with Gasteiger partial charge in [-0.05, 0) is 34.5 Å². The van der Waals surface area contributed by atoms with Gasteiger partial charge in [-0.3, -0.25) is 4.79 Å². The van der Waals surface area contributed by atoms with Crippen molar-refractivity contribution in [3.05, 3.63) is 21.1 Å². The first kappa shape index (κ1) is 14.8. The van der Waals surface area contributed by atoms with Crippen LogP contribution in [-0.2, 0) is 14.6 Å². The second-order valence-electron chi connectivity index (χ2n) is 4.44. The lowest BCUT2D eigenvalue weighted by molar-refractivity contribution is -0.119. The predicted molar refractivity (Wildman–Crippen MR) is 81.6 cm³/mol. The molecule has 0 aromatic heterocycles. The van der Waals surface area contributed by atoms with Crippen LogP contribution in [0.25, 0.3) is 0 Å². The van der Waals surface area contributed by atoms with Gasteiger partial charge in [0, 0.05) is 8.95 Å². The molecule has 1 amide bonds. The molecule has 0 radical (unpaired) electrons. The smallest absolute Gasteiger partial charge is 0.228 e. The number of carbonyl (C=O) groups is 1. The standard InChI is InChI=1S/C11H12Br2N2O3S/c12-7-3-8(13)10(9(14)4-7)15-11(16)6-1-2-19(17,18)5-6/h3-4,6H,1-2,5,14H2,(H,15,16). The number of benzene rings is 1. The number of nitrogens with two attached hydrogens (primary N) is 1. The molecule has 1 aromatic rings. The Morgan fingerprint density at radius 1 is 1.37 bits per heavy atom. The molecular weight excluding hydrogens is 400 g/mol. The van der Waals surface area contributed by atoms with E-state index in [0.29, 0.717) is 22.3 Å². The number of nitrogens with one attached hydrogen (secondary N) is 1. The summed E-state index contributed by atoms with van der Waals surface area (Å²) < 4.78 is 24.1. The Kier molecular flexibility index (Phi) is 4.22. The van der Waals surface area contributed by atoms with Crippen LogP contribution in [0.4, 0.5) is 11.4 Å². The fourth-order valence-corrected chi connectivity index (χ4v) is 5.05. The van der Waals surface area contributed by atoms with Gasteiger partial charge in [-0.1, -0.05) is 15.9 Å². The Hall–Kier alpha value is -0.600. The molecule has 2 rings (SSSR count). The normalized spacial score (nSPS) is 21.3. The minimum atomic E-state index is -3.07. The van der Waals surface area contributed by atoms with E-state index in [1.54, 1.807) is 12.1 Å². The summed E-state index contributed by atoms with van der Waals surface area (Å²) in [6, 6.07) is 3.43. The number of hydrogen-bond acceptors (Lipinski definition) is 4. The molecule has 1 aromatic carbocycles. The minimum Gasteiger partial charge on any atom is -0.397 e. The molecule has 1 atom stereocenters. The van der Waals surface area contributed by atoms with Crippen LogP contribution >= 0.6 is 31.9 Å². The van der Waals surface area contributed by atoms with Crippen molar-refractivity contribution in [3.8, 4) is 0 Å². The number of anilines is 2. The zero-order chi connectivity index (χ0) is 14.2. The zero-order valence-corrected chi connectivity index (χ0v) is 13.8. The molecule has 5 nitrogen and oxygen atoms in total. The monoisotopic (exact) mass is 410 g/mol. The van der Waals surface area contributed by atoms with Crippen LogP contribution in [0.15, 0.2) is 21.1 Å². The van der Waals surface area contributed by atoms with Gasteiger partial charge in [0.05, 0.1) is 28.8 Å². The van der Waals surface area contributed by atoms with E-state index in [-0.39, 0.29) is 17.4 Å². The molecule has 0 saturated carbocycles. The lowest BCUT2D eigenvalue weighted by Gasteiger charge is -2.13. The van der Waals surface area contributed by atoms with Crippen LogP contribution < -0.4 is 11.1 Å². The van der Waals surface area contributed by atoms with Gasteiger partial charge in [0.1, 0.15) is 0 Å². The van der Waals surface area contributed by atoms with Crippen LogP contribution in [0.3, 0.4) is 0 Å². The summed E-state index contributed by atoms with van der Waals surface area (Å²) in [5.74, 6) is -0.828. The maximum Gasteiger partial charge on any atom is 0.228 e. The third kappa shape index (κ3) is 3.49. The first-order chi connectivity index (χ1) is 8.78. The predicted octanol–water partition coefficient (Wildman–Crippen LogP) is 2.17. The third-order valence-corrected chi connectivity index (χ3v) is 5.79. The van der Waals surface area contributed by atoms with E-state index in [1.165, 1.54) is 0 Å². The molecular formula is C11H12Br2N2O3S. The van der Waals surface area contributed by atoms with Crippen LogP contribution in [0, 0.1) is 5.92 Å². The Morgan fingerprint density at radius 3 is 2.58 bits per heavy atom. The van der Waals surface area contributed by atoms with Gasteiger partial charge in [-0.2, -0.15) is 0 Å². The molecule has 104 valence electrons. The average molecular weight is 412 g/mol. The van der Waals surface area contributed by atoms with Gasteiger partial charge in [-0.15, -0.1) is 0 Å². The Morgan fingerprint density at radius 2 is 2.05 bits per heavy atom. The van der Waals surface area contributed by atoms with E-state index in [1.807, 2.05) is 0 Å². The molecule has 1 fully saturated rings. The lowest BCUT2D eigenvalue weighted by Crippen LogP contribution is -2.24. The molecule has 0 spiro atoms. The highest BCUT2D eigenvalue weighted by Gasteiger charge is 2.33. The maximum absolute atomic E-state index is 12.0. The van der Waals surface area contributed by atoms with Gasteiger partial charge in [0.2, 0.25) is 5.91 Å². The summed E-state index contributed by atoms with van der Waals surface area (Å²) >= 11 is 6.61. The highest BCUT2D eigenvalue weighted by Crippen LogP contribution is 2.33. The van der Waals surface area contributed by atoms with Crippen molar-refractivity contribution in [2.75, 3.05) is 22.6 Å². The topological polar surface area (TPSA) is 89.3 Å². The fourth-order valence-electron chi connectivity index (χ4n) is 1.95. The van der Waals surface area contributed by atoms with E-state index >= 15 is 0 Å². The van der Waals surface area contributed by atoms with Crippen molar-refractivity contribution >= 4 is 59.0 Å². The van der Waals surface area contributed by atoms with Crippen molar-refractivity contribution in [1.82, 2.24) is 0 Å². The van der Waals surface area contributed by atoms with Crippen LogP contribution in [0.2, 0.25) is 0 Å². The van der Waals surface area contributed by atoms with E-state index in [9.17, 15) is 13.2 Å². The number of hydrogen-bond donors (Lipinski definition) is 2. The number of amides is 1. The van der Waals surface area contributed by atoms with Gasteiger partial charge in [0.15, 0.2) is 9.84 Å². The molecule has 1 heterocycles. The highest BCUT2D eigenvalue weighted by atomic mass is 79.9.